The third-order valence-corrected chi connectivity index (χ3v) is 1.38. The van der Waals surface area contributed by atoms with Crippen LogP contribution in [-0.2, 0) is 4.89 Å². The van der Waals surface area contributed by atoms with Crippen molar-refractivity contribution in [2.45, 2.75) is 6.36 Å². The highest BCUT2D eigenvalue weighted by Crippen LogP contribution is 2.26. The molecule has 6 heteroatoms. The molecule has 3 nitrogen and oxygen atoms in total. The van der Waals surface area contributed by atoms with E-state index in [0.29, 0.717) is 5.69 Å². The zero-order valence-electron chi connectivity index (χ0n) is 7.26. The fraction of sp³-hybridized carbons (Fsp3) is 0.250. The molecule has 0 aromatic heterocycles. The zero-order valence-corrected chi connectivity index (χ0v) is 7.26. The van der Waals surface area contributed by atoms with Gasteiger partial charge in [-0.3, -0.25) is 0 Å². The smallest absolute Gasteiger partial charge is 0.385 e. The maximum Gasteiger partial charge on any atom is 0.558 e. The monoisotopic (exact) mass is 207 g/mol. The van der Waals surface area contributed by atoms with Gasteiger partial charge in [-0.05, 0) is 12.1 Å². The topological polar surface area (TPSA) is 30.5 Å². The number of hydrogen-bond donors (Lipinski definition) is 1. The Kier molecular flexibility index (Phi) is 3.19. The van der Waals surface area contributed by atoms with Crippen LogP contribution in [-0.4, -0.2) is 13.4 Å². The van der Waals surface area contributed by atoms with Gasteiger partial charge in [0.15, 0.2) is 5.75 Å². The molecule has 1 N–H and O–H groups in total. The van der Waals surface area contributed by atoms with Crippen molar-refractivity contribution >= 4 is 5.69 Å². The number of anilines is 1. The van der Waals surface area contributed by atoms with Crippen molar-refractivity contribution in [2.75, 3.05) is 12.4 Å². The summed E-state index contributed by atoms with van der Waals surface area (Å²) in [5, 5.41) is 2.66. The van der Waals surface area contributed by atoms with Gasteiger partial charge < -0.3 is 10.2 Å². The Balaban J connectivity index is 2.67. The molecule has 0 amide bonds. The molecule has 0 saturated carbocycles. The van der Waals surface area contributed by atoms with Gasteiger partial charge in [-0.1, -0.05) is 17.0 Å². The predicted molar refractivity (Wildman–Crippen MR) is 43.8 cm³/mol. The van der Waals surface area contributed by atoms with E-state index in [1.807, 2.05) is 0 Å². The van der Waals surface area contributed by atoms with E-state index in [4.69, 9.17) is 0 Å². The van der Waals surface area contributed by atoms with Gasteiger partial charge in [-0.25, -0.2) is 0 Å². The Morgan fingerprint density at radius 3 is 2.43 bits per heavy atom. The van der Waals surface area contributed by atoms with Crippen LogP contribution in [0.2, 0.25) is 0 Å². The second-order valence-corrected chi connectivity index (χ2v) is 2.36. The Morgan fingerprint density at radius 2 is 1.86 bits per heavy atom. The molecule has 0 radical (unpaired) electrons. The van der Waals surface area contributed by atoms with Crippen LogP contribution >= 0.6 is 0 Å². The van der Waals surface area contributed by atoms with E-state index in [1.54, 1.807) is 19.2 Å². The summed E-state index contributed by atoms with van der Waals surface area (Å²) in [5.74, 6) is -0.0210. The first-order valence-electron chi connectivity index (χ1n) is 3.72. The van der Waals surface area contributed by atoms with Crippen LogP contribution in [0.15, 0.2) is 24.3 Å². The minimum atomic E-state index is -4.80. The highest BCUT2D eigenvalue weighted by Gasteiger charge is 2.32. The van der Waals surface area contributed by atoms with E-state index in [9.17, 15) is 13.2 Å². The quantitative estimate of drug-likeness (QED) is 0.610. The van der Waals surface area contributed by atoms with Crippen molar-refractivity contribution < 1.29 is 22.9 Å². The number of nitrogens with one attached hydrogen (secondary N) is 1. The van der Waals surface area contributed by atoms with Crippen LogP contribution in [0.3, 0.4) is 0 Å². The van der Waals surface area contributed by atoms with Crippen LogP contribution in [0.25, 0.3) is 0 Å². The highest BCUT2D eigenvalue weighted by molar-refractivity contribution is 5.55. The molecule has 0 bridgehead atoms. The molecule has 0 fully saturated rings. The largest absolute Gasteiger partial charge is 0.558 e. The molecule has 0 saturated heterocycles. The van der Waals surface area contributed by atoms with Gasteiger partial charge in [0.25, 0.3) is 0 Å². The summed E-state index contributed by atoms with van der Waals surface area (Å²) in [5.41, 5.74) is 0.414. The molecule has 0 heterocycles. The van der Waals surface area contributed by atoms with Crippen LogP contribution in [0.5, 0.6) is 5.75 Å². The average molecular weight is 207 g/mol. The Bertz CT molecular complexity index is 301. The second kappa shape index (κ2) is 4.19. The average Bonchev–Trinajstić information content (AvgIpc) is 2.14. The molecule has 0 spiro atoms. The van der Waals surface area contributed by atoms with Crippen molar-refractivity contribution in [2.24, 2.45) is 0 Å². The van der Waals surface area contributed by atoms with Crippen LogP contribution in [0, 0.1) is 0 Å². The van der Waals surface area contributed by atoms with Gasteiger partial charge in [0.2, 0.25) is 0 Å². The molecule has 1 aromatic carbocycles. The number of rotatable bonds is 3. The lowest BCUT2D eigenvalue weighted by Gasteiger charge is -2.10. The Morgan fingerprint density at radius 1 is 1.21 bits per heavy atom. The Hall–Kier alpha value is -1.43. The summed E-state index contributed by atoms with van der Waals surface area (Å²) in [6.45, 7) is 0. The summed E-state index contributed by atoms with van der Waals surface area (Å²) in [6, 6.07) is 6.12. The van der Waals surface area contributed by atoms with Crippen LogP contribution in [0.1, 0.15) is 0 Å². The van der Waals surface area contributed by atoms with E-state index >= 15 is 0 Å². The number of halogens is 3. The van der Waals surface area contributed by atoms with E-state index in [1.165, 1.54) is 12.1 Å². The van der Waals surface area contributed by atoms with Gasteiger partial charge in [0.1, 0.15) is 0 Å². The van der Waals surface area contributed by atoms with Gasteiger partial charge in [-0.15, -0.1) is 13.2 Å². The van der Waals surface area contributed by atoms with Crippen LogP contribution < -0.4 is 10.2 Å². The fourth-order valence-electron chi connectivity index (χ4n) is 0.838. The number of benzene rings is 1. The molecule has 0 aliphatic carbocycles. The van der Waals surface area contributed by atoms with Gasteiger partial charge >= 0.3 is 6.36 Å². The molecule has 0 aliphatic rings. The van der Waals surface area contributed by atoms with Crippen molar-refractivity contribution in [3.63, 3.8) is 0 Å². The normalized spacial score (nSPS) is 11.1. The summed E-state index contributed by atoms with van der Waals surface area (Å²) in [4.78, 5) is 7.32. The minimum absolute atomic E-state index is 0.0210. The van der Waals surface area contributed by atoms with Crippen molar-refractivity contribution in [3.05, 3.63) is 24.3 Å². The molecule has 14 heavy (non-hydrogen) atoms. The first-order valence-corrected chi connectivity index (χ1v) is 3.72. The summed E-state index contributed by atoms with van der Waals surface area (Å²) in [6.07, 6.45) is -4.80. The fourth-order valence-corrected chi connectivity index (χ4v) is 0.838. The van der Waals surface area contributed by atoms with E-state index in [0.717, 1.165) is 0 Å². The molecule has 1 rings (SSSR count). The van der Waals surface area contributed by atoms with Gasteiger partial charge in [0, 0.05) is 7.05 Å². The summed E-state index contributed by atoms with van der Waals surface area (Å²) < 4.78 is 34.8. The van der Waals surface area contributed by atoms with E-state index in [2.05, 4.69) is 15.1 Å². The number of alkyl halides is 3. The third kappa shape index (κ3) is 3.14. The molecular weight excluding hydrogens is 199 g/mol. The summed E-state index contributed by atoms with van der Waals surface area (Å²) in [7, 11) is 1.57. The second-order valence-electron chi connectivity index (χ2n) is 2.36. The molecule has 78 valence electrons. The van der Waals surface area contributed by atoms with Gasteiger partial charge in [-0.2, -0.15) is 0 Å². The predicted octanol–water partition coefficient (Wildman–Crippen LogP) is 2.56. The van der Waals surface area contributed by atoms with Crippen LogP contribution in [0.4, 0.5) is 18.9 Å². The SMILES string of the molecule is CNc1ccccc1OOC(F)(F)F. The minimum Gasteiger partial charge on any atom is -0.385 e. The molecular formula is C8H8F3NO2. The zero-order chi connectivity index (χ0) is 10.6. The number of hydrogen-bond acceptors (Lipinski definition) is 3. The lowest BCUT2D eigenvalue weighted by atomic mass is 10.3. The molecule has 1 aromatic rings. The van der Waals surface area contributed by atoms with Crippen molar-refractivity contribution in [1.82, 2.24) is 0 Å². The first-order chi connectivity index (χ1) is 6.53. The molecule has 0 aliphatic heterocycles. The maximum atomic E-state index is 11.6. The molecule has 0 unspecified atom stereocenters. The maximum absolute atomic E-state index is 11.6. The van der Waals surface area contributed by atoms with Gasteiger partial charge in [0.05, 0.1) is 5.69 Å². The highest BCUT2D eigenvalue weighted by atomic mass is 19.4. The third-order valence-electron chi connectivity index (χ3n) is 1.38. The van der Waals surface area contributed by atoms with E-state index < -0.39 is 6.36 Å². The Labute approximate surface area is 78.4 Å². The standard InChI is InChI=1S/C8H8F3NO2/c1-12-6-4-2-3-5-7(6)13-14-8(9,10)11/h2-5,12H,1H3. The van der Waals surface area contributed by atoms with Crippen molar-refractivity contribution in [3.8, 4) is 5.75 Å². The molecule has 0 atom stereocenters. The summed E-state index contributed by atoms with van der Waals surface area (Å²) >= 11 is 0. The van der Waals surface area contributed by atoms with E-state index in [-0.39, 0.29) is 5.75 Å². The number of para-hydroxylation sites is 2. The van der Waals surface area contributed by atoms with Crippen molar-refractivity contribution in [1.29, 1.82) is 0 Å². The lowest BCUT2D eigenvalue weighted by Crippen LogP contribution is -2.16. The lowest BCUT2D eigenvalue weighted by molar-refractivity contribution is -0.444. The first kappa shape index (κ1) is 10.6.